The molecule has 0 heteroatoms. The summed E-state index contributed by atoms with van der Waals surface area (Å²) in [6.45, 7) is 6.96. The molecule has 0 bridgehead atoms. The van der Waals surface area contributed by atoms with Crippen molar-refractivity contribution < 1.29 is 0 Å². The number of hydrogen-bond acceptors (Lipinski definition) is 0. The van der Waals surface area contributed by atoms with E-state index in [1.54, 1.807) is 0 Å². The molecule has 0 unspecified atom stereocenters. The van der Waals surface area contributed by atoms with Gasteiger partial charge in [-0.15, -0.1) is 0 Å². The van der Waals surface area contributed by atoms with Gasteiger partial charge in [-0.05, 0) is 68.3 Å². The molecule has 172 valence electrons. The SMILES string of the molecule is CC(C)(C)C1=CCC(C(c2ccccc2)(c2ccccc2)c2cccc3c2Cc2ccccc2-3)=C1. The molecule has 0 saturated heterocycles. The molecular formula is C35H32. The molecule has 0 aromatic heterocycles. The average molecular weight is 453 g/mol. The van der Waals surface area contributed by atoms with Crippen LogP contribution in [0.4, 0.5) is 0 Å². The van der Waals surface area contributed by atoms with E-state index in [1.165, 1.54) is 50.1 Å². The summed E-state index contributed by atoms with van der Waals surface area (Å²) in [5.41, 5.74) is 12.4. The van der Waals surface area contributed by atoms with Crippen LogP contribution in [0.15, 0.2) is 126 Å². The molecule has 0 radical (unpaired) electrons. The molecule has 0 nitrogen and oxygen atoms in total. The van der Waals surface area contributed by atoms with E-state index >= 15 is 0 Å². The van der Waals surface area contributed by atoms with Gasteiger partial charge >= 0.3 is 0 Å². The first-order valence-corrected chi connectivity index (χ1v) is 12.7. The molecule has 0 atom stereocenters. The first-order valence-electron chi connectivity index (χ1n) is 12.7. The van der Waals surface area contributed by atoms with Crippen LogP contribution >= 0.6 is 0 Å². The second-order valence-corrected chi connectivity index (χ2v) is 10.9. The van der Waals surface area contributed by atoms with Crippen LogP contribution in [0.25, 0.3) is 11.1 Å². The van der Waals surface area contributed by atoms with Crippen molar-refractivity contribution in [3.8, 4) is 11.1 Å². The number of fused-ring (bicyclic) bond motifs is 3. The topological polar surface area (TPSA) is 0 Å². The lowest BCUT2D eigenvalue weighted by atomic mass is 9.62. The molecule has 0 amide bonds. The van der Waals surface area contributed by atoms with Crippen molar-refractivity contribution in [3.05, 3.63) is 154 Å². The minimum Gasteiger partial charge on any atom is -0.0766 e. The highest BCUT2D eigenvalue weighted by atomic mass is 14.5. The molecule has 0 fully saturated rings. The van der Waals surface area contributed by atoms with Crippen LogP contribution < -0.4 is 0 Å². The molecule has 0 aliphatic heterocycles. The molecule has 35 heavy (non-hydrogen) atoms. The maximum Gasteiger partial charge on any atom is 0.0670 e. The van der Waals surface area contributed by atoms with Gasteiger partial charge in [0.25, 0.3) is 0 Å². The monoisotopic (exact) mass is 452 g/mol. The molecule has 2 aliphatic rings. The Morgan fingerprint density at radius 2 is 1.20 bits per heavy atom. The Morgan fingerprint density at radius 1 is 0.600 bits per heavy atom. The van der Waals surface area contributed by atoms with E-state index in [2.05, 4.69) is 136 Å². The van der Waals surface area contributed by atoms with Crippen molar-refractivity contribution in [2.24, 2.45) is 5.41 Å². The highest BCUT2D eigenvalue weighted by Crippen LogP contribution is 2.53. The standard InChI is InChI=1S/C35H32/c1-34(2,3)28-21-22-29(24-28)35(26-14-6-4-7-15-26,27-16-8-5-9-17-27)33-20-12-19-31-30-18-11-10-13-25(30)23-32(31)33/h4-21,24H,22-23H2,1-3H3. The van der Waals surface area contributed by atoms with Crippen LogP contribution in [0, 0.1) is 5.41 Å². The third kappa shape index (κ3) is 3.43. The second kappa shape index (κ2) is 8.24. The first-order chi connectivity index (χ1) is 17.0. The summed E-state index contributed by atoms with van der Waals surface area (Å²) in [5.74, 6) is 0. The Labute approximate surface area is 209 Å². The fourth-order valence-corrected chi connectivity index (χ4v) is 6.22. The van der Waals surface area contributed by atoms with Crippen molar-refractivity contribution in [1.82, 2.24) is 0 Å². The second-order valence-electron chi connectivity index (χ2n) is 10.9. The summed E-state index contributed by atoms with van der Waals surface area (Å²) in [4.78, 5) is 0. The number of benzene rings is 4. The maximum atomic E-state index is 2.50. The Morgan fingerprint density at radius 3 is 1.83 bits per heavy atom. The first kappa shape index (κ1) is 21.9. The van der Waals surface area contributed by atoms with Crippen LogP contribution in [-0.4, -0.2) is 0 Å². The predicted octanol–water partition coefficient (Wildman–Crippen LogP) is 8.89. The van der Waals surface area contributed by atoms with E-state index in [-0.39, 0.29) is 10.8 Å². The fourth-order valence-electron chi connectivity index (χ4n) is 6.22. The van der Waals surface area contributed by atoms with Gasteiger partial charge in [0.1, 0.15) is 0 Å². The van der Waals surface area contributed by atoms with E-state index in [4.69, 9.17) is 0 Å². The Balaban J connectivity index is 1.69. The van der Waals surface area contributed by atoms with Gasteiger partial charge in [-0.25, -0.2) is 0 Å². The third-order valence-electron chi connectivity index (χ3n) is 7.89. The van der Waals surface area contributed by atoms with Gasteiger partial charge in [0.15, 0.2) is 0 Å². The number of rotatable bonds is 4. The molecule has 0 heterocycles. The van der Waals surface area contributed by atoms with Crippen molar-refractivity contribution in [1.29, 1.82) is 0 Å². The molecule has 4 aromatic carbocycles. The summed E-state index contributed by atoms with van der Waals surface area (Å²) < 4.78 is 0. The predicted molar refractivity (Wildman–Crippen MR) is 148 cm³/mol. The van der Waals surface area contributed by atoms with Crippen LogP contribution in [0.3, 0.4) is 0 Å². The van der Waals surface area contributed by atoms with E-state index < -0.39 is 0 Å². The molecule has 0 spiro atoms. The third-order valence-corrected chi connectivity index (χ3v) is 7.89. The van der Waals surface area contributed by atoms with Gasteiger partial charge in [0, 0.05) is 0 Å². The largest absolute Gasteiger partial charge is 0.0766 e. The normalized spacial score (nSPS) is 14.8. The van der Waals surface area contributed by atoms with Gasteiger partial charge in [-0.1, -0.05) is 136 Å². The minimum absolute atomic E-state index is 0.121. The van der Waals surface area contributed by atoms with E-state index in [1.807, 2.05) is 0 Å². The quantitative estimate of drug-likeness (QED) is 0.239. The Bertz CT molecular complexity index is 1400. The van der Waals surface area contributed by atoms with Crippen LogP contribution in [0.1, 0.15) is 55.0 Å². The molecule has 6 rings (SSSR count). The summed E-state index contributed by atoms with van der Waals surface area (Å²) in [5, 5.41) is 0. The van der Waals surface area contributed by atoms with Crippen molar-refractivity contribution in [3.63, 3.8) is 0 Å². The minimum atomic E-state index is -0.348. The summed E-state index contributed by atoms with van der Waals surface area (Å²) in [7, 11) is 0. The van der Waals surface area contributed by atoms with Gasteiger partial charge in [-0.2, -0.15) is 0 Å². The highest BCUT2D eigenvalue weighted by Gasteiger charge is 2.43. The maximum absolute atomic E-state index is 2.50. The van der Waals surface area contributed by atoms with Crippen molar-refractivity contribution in [2.45, 2.75) is 39.0 Å². The number of allylic oxidation sites excluding steroid dienone is 4. The van der Waals surface area contributed by atoms with Gasteiger partial charge in [0.05, 0.1) is 5.41 Å². The molecule has 0 saturated carbocycles. The van der Waals surface area contributed by atoms with E-state index in [0.29, 0.717) is 0 Å². The van der Waals surface area contributed by atoms with Crippen molar-refractivity contribution in [2.75, 3.05) is 0 Å². The molecule has 0 N–H and O–H groups in total. The summed E-state index contributed by atoms with van der Waals surface area (Å²) in [6.07, 6.45) is 6.90. The van der Waals surface area contributed by atoms with Crippen molar-refractivity contribution >= 4 is 0 Å². The molecule has 4 aromatic rings. The zero-order valence-electron chi connectivity index (χ0n) is 20.9. The van der Waals surface area contributed by atoms with Crippen LogP contribution in [0.2, 0.25) is 0 Å². The lowest BCUT2D eigenvalue weighted by molar-refractivity contribution is 0.517. The summed E-state index contributed by atoms with van der Waals surface area (Å²) >= 11 is 0. The Hall–Kier alpha value is -3.64. The molecular weight excluding hydrogens is 420 g/mol. The molecule has 2 aliphatic carbocycles. The average Bonchev–Trinajstić information content (AvgIpc) is 3.52. The van der Waals surface area contributed by atoms with Gasteiger partial charge < -0.3 is 0 Å². The lowest BCUT2D eigenvalue weighted by Crippen LogP contribution is -2.33. The number of hydrogen-bond donors (Lipinski definition) is 0. The Kier molecular flexibility index (Phi) is 5.15. The lowest BCUT2D eigenvalue weighted by Gasteiger charge is -2.39. The van der Waals surface area contributed by atoms with Crippen LogP contribution in [0.5, 0.6) is 0 Å². The zero-order chi connectivity index (χ0) is 24.0. The van der Waals surface area contributed by atoms with Crippen LogP contribution in [-0.2, 0) is 11.8 Å². The van der Waals surface area contributed by atoms with Gasteiger partial charge in [0.2, 0.25) is 0 Å². The zero-order valence-corrected chi connectivity index (χ0v) is 20.9. The highest BCUT2D eigenvalue weighted by molar-refractivity contribution is 5.80. The summed E-state index contributed by atoms with van der Waals surface area (Å²) in [6, 6.07) is 38.2. The van der Waals surface area contributed by atoms with E-state index in [9.17, 15) is 0 Å². The smallest absolute Gasteiger partial charge is 0.0670 e. The fraction of sp³-hybridized carbons (Fsp3) is 0.200. The van der Waals surface area contributed by atoms with E-state index in [0.717, 1.165) is 12.8 Å². The van der Waals surface area contributed by atoms with Gasteiger partial charge in [-0.3, -0.25) is 0 Å².